The summed E-state index contributed by atoms with van der Waals surface area (Å²) in [7, 11) is 4.44. The smallest absolute Gasteiger partial charge is 0.328 e. The van der Waals surface area contributed by atoms with Crippen molar-refractivity contribution in [2.75, 3.05) is 32.8 Å². The van der Waals surface area contributed by atoms with E-state index < -0.39 is 18.0 Å². The van der Waals surface area contributed by atoms with Gasteiger partial charge in [0.1, 0.15) is 19.2 Å². The summed E-state index contributed by atoms with van der Waals surface area (Å²) >= 11 is 5.98. The third kappa shape index (κ3) is 6.28. The van der Waals surface area contributed by atoms with Crippen LogP contribution in [0.4, 0.5) is 5.69 Å². The minimum Gasteiger partial charge on any atom is -0.493 e. The molecule has 0 aliphatic carbocycles. The number of hydrogen-bond acceptors (Lipinski definition) is 7. The first-order valence-corrected chi connectivity index (χ1v) is 10.2. The monoisotopic (exact) mass is 449 g/mol. The van der Waals surface area contributed by atoms with Gasteiger partial charge >= 0.3 is 11.9 Å². The Labute approximate surface area is 187 Å². The molecule has 0 heterocycles. The number of carbonyl (C=O) groups excluding carboxylic acids is 2. The van der Waals surface area contributed by atoms with E-state index in [4.69, 9.17) is 30.5 Å². The molecule has 0 aliphatic heterocycles. The number of esters is 2. The summed E-state index contributed by atoms with van der Waals surface area (Å²) in [6.45, 7) is 3.67. The molecule has 2 aromatic rings. The van der Waals surface area contributed by atoms with Crippen molar-refractivity contribution < 1.29 is 28.5 Å². The number of aryl methyl sites for hydroxylation is 1. The van der Waals surface area contributed by atoms with Crippen LogP contribution in [0.2, 0.25) is 5.02 Å². The van der Waals surface area contributed by atoms with Gasteiger partial charge in [0, 0.05) is 10.7 Å². The number of anilines is 1. The van der Waals surface area contributed by atoms with Gasteiger partial charge < -0.3 is 23.8 Å². The fraction of sp³-hybridized carbons (Fsp3) is 0.391. The van der Waals surface area contributed by atoms with Crippen molar-refractivity contribution >= 4 is 29.2 Å². The van der Waals surface area contributed by atoms with Gasteiger partial charge in [0.25, 0.3) is 0 Å². The number of ether oxygens (including phenoxy) is 4. The maximum Gasteiger partial charge on any atom is 0.328 e. The highest BCUT2D eigenvalue weighted by atomic mass is 35.5. The van der Waals surface area contributed by atoms with Gasteiger partial charge in [0.05, 0.1) is 21.3 Å². The predicted molar refractivity (Wildman–Crippen MR) is 119 cm³/mol. The number of rotatable bonds is 10. The lowest BCUT2D eigenvalue weighted by molar-refractivity contribution is -0.144. The van der Waals surface area contributed by atoms with Crippen molar-refractivity contribution in [2.45, 2.75) is 32.9 Å². The highest BCUT2D eigenvalue weighted by Gasteiger charge is 2.28. The number of methoxy groups -OCH3 is 3. The Morgan fingerprint density at radius 2 is 1.74 bits per heavy atom. The Bertz CT molecular complexity index is 900. The van der Waals surface area contributed by atoms with E-state index in [0.29, 0.717) is 28.6 Å². The number of nitrogens with zero attached hydrogens (tertiary/aromatic N) is 1. The number of hydrogen-bond donors (Lipinski definition) is 0. The Balaban J connectivity index is 2.17. The molecule has 0 bridgehead atoms. The Morgan fingerprint density at radius 1 is 1.06 bits per heavy atom. The Hall–Kier alpha value is -2.93. The normalized spacial score (nSPS) is 11.4. The molecule has 0 aromatic heterocycles. The van der Waals surface area contributed by atoms with Crippen LogP contribution in [-0.4, -0.2) is 45.9 Å². The molecule has 0 saturated carbocycles. The molecule has 168 valence electrons. The van der Waals surface area contributed by atoms with E-state index in [9.17, 15) is 9.59 Å². The molecule has 2 rings (SSSR count). The SMILES string of the molecule is CC[C@H](C(=O)OC)N(CC(=O)OCc1cc(C)c(OC)c(OC)c1)c1ccc(Cl)cc1. The molecule has 7 nitrogen and oxygen atoms in total. The number of carbonyl (C=O) groups is 2. The van der Waals surface area contributed by atoms with Crippen molar-refractivity contribution in [1.82, 2.24) is 0 Å². The molecule has 1 atom stereocenters. The summed E-state index contributed by atoms with van der Waals surface area (Å²) in [5.41, 5.74) is 2.30. The first-order chi connectivity index (χ1) is 14.8. The second-order valence-corrected chi connectivity index (χ2v) is 7.30. The largest absolute Gasteiger partial charge is 0.493 e. The van der Waals surface area contributed by atoms with E-state index in [0.717, 1.165) is 11.1 Å². The highest BCUT2D eigenvalue weighted by molar-refractivity contribution is 6.30. The van der Waals surface area contributed by atoms with Gasteiger partial charge in [-0.1, -0.05) is 18.5 Å². The predicted octanol–water partition coefficient (Wildman–Crippen LogP) is 4.17. The zero-order valence-electron chi connectivity index (χ0n) is 18.4. The molecule has 8 heteroatoms. The maximum absolute atomic E-state index is 12.7. The topological polar surface area (TPSA) is 74.3 Å². The fourth-order valence-corrected chi connectivity index (χ4v) is 3.45. The van der Waals surface area contributed by atoms with Gasteiger partial charge in [-0.05, 0) is 60.9 Å². The standard InChI is InChI=1S/C23H28ClNO6/c1-6-19(23(27)30-5)25(18-9-7-17(24)8-10-18)13-21(26)31-14-16-11-15(2)22(29-4)20(12-16)28-3/h7-12,19H,6,13-14H2,1-5H3/t19-/m1/s1. The quantitative estimate of drug-likeness (QED) is 0.504. The molecule has 2 aromatic carbocycles. The van der Waals surface area contributed by atoms with E-state index >= 15 is 0 Å². The molecule has 0 fully saturated rings. The lowest BCUT2D eigenvalue weighted by atomic mass is 10.1. The van der Waals surface area contributed by atoms with Crippen LogP contribution in [0.25, 0.3) is 0 Å². The minimum absolute atomic E-state index is 0.0590. The van der Waals surface area contributed by atoms with Crippen molar-refractivity contribution in [3.63, 3.8) is 0 Å². The van der Waals surface area contributed by atoms with Crippen LogP contribution >= 0.6 is 11.6 Å². The summed E-state index contributed by atoms with van der Waals surface area (Å²) in [4.78, 5) is 26.6. The molecule has 0 N–H and O–H groups in total. The summed E-state index contributed by atoms with van der Waals surface area (Å²) in [6, 6.07) is 9.89. The Morgan fingerprint density at radius 3 is 2.29 bits per heavy atom. The van der Waals surface area contributed by atoms with Crippen LogP contribution in [0.3, 0.4) is 0 Å². The maximum atomic E-state index is 12.7. The molecule has 0 saturated heterocycles. The van der Waals surface area contributed by atoms with Crippen LogP contribution in [0, 0.1) is 6.92 Å². The van der Waals surface area contributed by atoms with Crippen LogP contribution < -0.4 is 14.4 Å². The van der Waals surface area contributed by atoms with Crippen LogP contribution in [0.15, 0.2) is 36.4 Å². The summed E-state index contributed by atoms with van der Waals surface area (Å²) < 4.78 is 21.1. The first-order valence-electron chi connectivity index (χ1n) is 9.81. The lowest BCUT2D eigenvalue weighted by Crippen LogP contribution is -2.45. The van der Waals surface area contributed by atoms with E-state index in [1.807, 2.05) is 19.9 Å². The molecule has 0 spiro atoms. The van der Waals surface area contributed by atoms with Gasteiger partial charge in [-0.2, -0.15) is 0 Å². The van der Waals surface area contributed by atoms with Crippen LogP contribution in [0.1, 0.15) is 24.5 Å². The van der Waals surface area contributed by atoms with Crippen molar-refractivity contribution in [3.05, 3.63) is 52.5 Å². The molecule has 31 heavy (non-hydrogen) atoms. The lowest BCUT2D eigenvalue weighted by Gasteiger charge is -2.30. The molecular weight excluding hydrogens is 422 g/mol. The van der Waals surface area contributed by atoms with E-state index in [2.05, 4.69) is 0 Å². The highest BCUT2D eigenvalue weighted by Crippen LogP contribution is 2.32. The molecule has 0 radical (unpaired) electrons. The summed E-state index contributed by atoms with van der Waals surface area (Å²) in [5, 5.41) is 0.557. The second-order valence-electron chi connectivity index (χ2n) is 6.86. The van der Waals surface area contributed by atoms with Crippen LogP contribution in [-0.2, 0) is 25.7 Å². The van der Waals surface area contributed by atoms with E-state index in [-0.39, 0.29) is 13.2 Å². The van der Waals surface area contributed by atoms with Gasteiger partial charge in [0.15, 0.2) is 11.5 Å². The van der Waals surface area contributed by atoms with E-state index in [1.54, 1.807) is 49.5 Å². The third-order valence-electron chi connectivity index (χ3n) is 4.82. The average Bonchev–Trinajstić information content (AvgIpc) is 2.77. The van der Waals surface area contributed by atoms with Gasteiger partial charge in [-0.15, -0.1) is 0 Å². The number of halogens is 1. The third-order valence-corrected chi connectivity index (χ3v) is 5.07. The summed E-state index contributed by atoms with van der Waals surface area (Å²) in [5.74, 6) is 0.286. The van der Waals surface area contributed by atoms with Crippen molar-refractivity contribution in [2.24, 2.45) is 0 Å². The fourth-order valence-electron chi connectivity index (χ4n) is 3.32. The minimum atomic E-state index is -0.637. The second kappa shape index (κ2) is 11.5. The first kappa shape index (κ1) is 24.3. The average molecular weight is 450 g/mol. The zero-order valence-corrected chi connectivity index (χ0v) is 19.2. The Kier molecular flexibility index (Phi) is 9.00. The van der Waals surface area contributed by atoms with Crippen LogP contribution in [0.5, 0.6) is 11.5 Å². The summed E-state index contributed by atoms with van der Waals surface area (Å²) in [6.07, 6.45) is 0.456. The number of benzene rings is 2. The van der Waals surface area contributed by atoms with Gasteiger partial charge in [-0.3, -0.25) is 4.79 Å². The molecular formula is C23H28ClNO6. The molecule has 0 unspecified atom stereocenters. The molecule has 0 aliphatic rings. The van der Waals surface area contributed by atoms with Gasteiger partial charge in [-0.25, -0.2) is 4.79 Å². The zero-order chi connectivity index (χ0) is 23.0. The van der Waals surface area contributed by atoms with E-state index in [1.165, 1.54) is 7.11 Å². The van der Waals surface area contributed by atoms with Crippen molar-refractivity contribution in [1.29, 1.82) is 0 Å². The molecule has 0 amide bonds. The van der Waals surface area contributed by atoms with Crippen molar-refractivity contribution in [3.8, 4) is 11.5 Å². The van der Waals surface area contributed by atoms with Gasteiger partial charge in [0.2, 0.25) is 0 Å².